The molecule has 0 aromatic carbocycles. The summed E-state index contributed by atoms with van der Waals surface area (Å²) in [7, 11) is 1.92. The van der Waals surface area contributed by atoms with Crippen molar-refractivity contribution in [1.82, 2.24) is 15.0 Å². The third-order valence-electron chi connectivity index (χ3n) is 3.40. The molecule has 0 spiro atoms. The summed E-state index contributed by atoms with van der Waals surface area (Å²) in [4.78, 5) is 14.7. The van der Waals surface area contributed by atoms with Crippen LogP contribution in [-0.4, -0.2) is 40.9 Å². The molecule has 2 aromatic rings. The summed E-state index contributed by atoms with van der Waals surface area (Å²) in [6.07, 6.45) is 2.61. The van der Waals surface area contributed by atoms with E-state index in [4.69, 9.17) is 16.3 Å². The maximum Gasteiger partial charge on any atom is 0.228 e. The van der Waals surface area contributed by atoms with E-state index in [1.54, 1.807) is 0 Å². The Balaban J connectivity index is 2.40. The Morgan fingerprint density at radius 2 is 2.14 bits per heavy atom. The van der Waals surface area contributed by atoms with Crippen LogP contribution in [0.5, 0.6) is 5.88 Å². The number of halogens is 2. The lowest BCUT2D eigenvalue weighted by Gasteiger charge is -2.26. The smallest absolute Gasteiger partial charge is 0.228 e. The average molecular weight is 329 g/mol. The zero-order chi connectivity index (χ0) is 15.1. The standard InChI is InChI=1S/C13H14ClFN4OS/c1-6-4-5-19(2)11-7-9(16-13(18-11)21-3)8(15)10(14)17-12(7)20-6/h6H,4-5H2,1-3H3. The number of pyridine rings is 1. The van der Waals surface area contributed by atoms with Crippen molar-refractivity contribution in [1.29, 1.82) is 0 Å². The predicted octanol–water partition coefficient (Wildman–Crippen LogP) is 3.15. The SMILES string of the molecule is CSc1nc2c3c(nc(Cl)c(F)c3n1)OC(C)CCN2C. The van der Waals surface area contributed by atoms with Crippen molar-refractivity contribution in [2.24, 2.45) is 0 Å². The fourth-order valence-corrected chi connectivity index (χ4v) is 2.79. The molecule has 3 heterocycles. The van der Waals surface area contributed by atoms with Gasteiger partial charge in [0.05, 0.1) is 6.10 Å². The molecule has 1 atom stereocenters. The summed E-state index contributed by atoms with van der Waals surface area (Å²) in [5.74, 6) is 0.270. The number of aromatic nitrogens is 3. The van der Waals surface area contributed by atoms with Crippen LogP contribution in [0.3, 0.4) is 0 Å². The Morgan fingerprint density at radius 3 is 2.86 bits per heavy atom. The van der Waals surface area contributed by atoms with Gasteiger partial charge in [0.1, 0.15) is 16.7 Å². The van der Waals surface area contributed by atoms with Gasteiger partial charge in [-0.15, -0.1) is 0 Å². The lowest BCUT2D eigenvalue weighted by molar-refractivity contribution is 0.205. The van der Waals surface area contributed by atoms with Crippen LogP contribution in [0.2, 0.25) is 5.15 Å². The van der Waals surface area contributed by atoms with E-state index >= 15 is 0 Å². The van der Waals surface area contributed by atoms with Gasteiger partial charge in [-0.1, -0.05) is 23.4 Å². The molecular formula is C13H14ClFN4OS. The summed E-state index contributed by atoms with van der Waals surface area (Å²) in [6, 6.07) is 0. The van der Waals surface area contributed by atoms with Gasteiger partial charge < -0.3 is 9.64 Å². The fraction of sp³-hybridized carbons (Fsp3) is 0.462. The van der Waals surface area contributed by atoms with Gasteiger partial charge in [-0.2, -0.15) is 4.98 Å². The maximum absolute atomic E-state index is 14.3. The number of rotatable bonds is 1. The molecule has 0 fully saturated rings. The maximum atomic E-state index is 14.3. The van der Waals surface area contributed by atoms with Crippen molar-refractivity contribution in [3.63, 3.8) is 0 Å². The highest BCUT2D eigenvalue weighted by atomic mass is 35.5. The molecule has 1 aliphatic heterocycles. The molecule has 0 saturated carbocycles. The highest BCUT2D eigenvalue weighted by molar-refractivity contribution is 7.98. The van der Waals surface area contributed by atoms with Crippen molar-refractivity contribution in [3.05, 3.63) is 11.0 Å². The first-order chi connectivity index (χ1) is 10.0. The van der Waals surface area contributed by atoms with Gasteiger partial charge in [0, 0.05) is 20.0 Å². The molecule has 5 nitrogen and oxygen atoms in total. The molecular weight excluding hydrogens is 315 g/mol. The van der Waals surface area contributed by atoms with E-state index in [1.165, 1.54) is 11.8 Å². The van der Waals surface area contributed by atoms with E-state index in [0.717, 1.165) is 13.0 Å². The van der Waals surface area contributed by atoms with Crippen LogP contribution < -0.4 is 9.64 Å². The third kappa shape index (κ3) is 2.48. The molecule has 0 aliphatic carbocycles. The minimum absolute atomic E-state index is 0.0435. The van der Waals surface area contributed by atoms with Gasteiger partial charge in [0.2, 0.25) is 5.88 Å². The van der Waals surface area contributed by atoms with Crippen molar-refractivity contribution >= 4 is 40.1 Å². The quantitative estimate of drug-likeness (QED) is 0.455. The lowest BCUT2D eigenvalue weighted by Crippen LogP contribution is -2.28. The second-order valence-electron chi connectivity index (χ2n) is 4.92. The Morgan fingerprint density at radius 1 is 1.38 bits per heavy atom. The van der Waals surface area contributed by atoms with Crippen LogP contribution in [-0.2, 0) is 0 Å². The second-order valence-corrected chi connectivity index (χ2v) is 6.05. The van der Waals surface area contributed by atoms with E-state index in [-0.39, 0.29) is 22.7 Å². The molecule has 0 radical (unpaired) electrons. The number of ether oxygens (including phenoxy) is 1. The topological polar surface area (TPSA) is 51.1 Å². The first-order valence-electron chi connectivity index (χ1n) is 6.49. The molecule has 3 rings (SSSR count). The molecule has 8 heteroatoms. The third-order valence-corrected chi connectivity index (χ3v) is 4.20. The zero-order valence-corrected chi connectivity index (χ0v) is 13.4. The van der Waals surface area contributed by atoms with Crippen molar-refractivity contribution in [2.75, 3.05) is 24.7 Å². The van der Waals surface area contributed by atoms with Gasteiger partial charge in [0.25, 0.3) is 0 Å². The van der Waals surface area contributed by atoms with Crippen LogP contribution >= 0.6 is 23.4 Å². The summed E-state index contributed by atoms with van der Waals surface area (Å²) < 4.78 is 20.1. The van der Waals surface area contributed by atoms with Gasteiger partial charge in [-0.05, 0) is 13.2 Å². The number of thioether (sulfide) groups is 1. The van der Waals surface area contributed by atoms with Gasteiger partial charge in [-0.25, -0.2) is 14.4 Å². The normalized spacial score (nSPS) is 18.3. The number of hydrogen-bond donors (Lipinski definition) is 0. The number of hydrogen-bond acceptors (Lipinski definition) is 6. The highest BCUT2D eigenvalue weighted by Gasteiger charge is 2.25. The average Bonchev–Trinajstić information content (AvgIpc) is 2.47. The van der Waals surface area contributed by atoms with Gasteiger partial charge in [0.15, 0.2) is 16.1 Å². The Kier molecular flexibility index (Phi) is 3.79. The van der Waals surface area contributed by atoms with Crippen LogP contribution in [0.4, 0.5) is 10.2 Å². The summed E-state index contributed by atoms with van der Waals surface area (Å²) in [6.45, 7) is 2.70. The van der Waals surface area contributed by atoms with E-state index in [0.29, 0.717) is 16.4 Å². The Bertz CT molecular complexity index is 714. The summed E-state index contributed by atoms with van der Waals surface area (Å²) in [5, 5.41) is 0.735. The molecule has 0 bridgehead atoms. The summed E-state index contributed by atoms with van der Waals surface area (Å²) in [5.41, 5.74) is 0.153. The van der Waals surface area contributed by atoms with E-state index < -0.39 is 5.82 Å². The van der Waals surface area contributed by atoms with Crippen LogP contribution in [0.25, 0.3) is 10.9 Å². The van der Waals surface area contributed by atoms with Crippen molar-refractivity contribution in [3.8, 4) is 5.88 Å². The monoisotopic (exact) mass is 328 g/mol. The van der Waals surface area contributed by atoms with Crippen molar-refractivity contribution < 1.29 is 9.13 Å². The van der Waals surface area contributed by atoms with E-state index in [2.05, 4.69) is 15.0 Å². The number of anilines is 1. The summed E-state index contributed by atoms with van der Waals surface area (Å²) >= 11 is 7.23. The zero-order valence-electron chi connectivity index (χ0n) is 11.9. The molecule has 0 N–H and O–H groups in total. The first-order valence-corrected chi connectivity index (χ1v) is 8.10. The fourth-order valence-electron chi connectivity index (χ4n) is 2.26. The predicted molar refractivity (Wildman–Crippen MR) is 82.1 cm³/mol. The molecule has 21 heavy (non-hydrogen) atoms. The van der Waals surface area contributed by atoms with E-state index in [1.807, 2.05) is 25.1 Å². The van der Waals surface area contributed by atoms with Crippen LogP contribution in [0.15, 0.2) is 5.16 Å². The van der Waals surface area contributed by atoms with Gasteiger partial charge in [-0.3, -0.25) is 0 Å². The highest BCUT2D eigenvalue weighted by Crippen LogP contribution is 2.37. The Hall–Kier alpha value is -1.34. The lowest BCUT2D eigenvalue weighted by atomic mass is 10.2. The van der Waals surface area contributed by atoms with Gasteiger partial charge >= 0.3 is 0 Å². The molecule has 2 aromatic heterocycles. The Labute approximate surface area is 130 Å². The molecule has 112 valence electrons. The molecule has 1 unspecified atom stereocenters. The van der Waals surface area contributed by atoms with Crippen LogP contribution in [0.1, 0.15) is 13.3 Å². The number of nitrogens with zero attached hydrogens (tertiary/aromatic N) is 4. The first kappa shape index (κ1) is 14.6. The minimum atomic E-state index is -0.639. The largest absolute Gasteiger partial charge is 0.474 e. The van der Waals surface area contributed by atoms with E-state index in [9.17, 15) is 4.39 Å². The second kappa shape index (κ2) is 5.46. The minimum Gasteiger partial charge on any atom is -0.474 e. The molecule has 0 amide bonds. The van der Waals surface area contributed by atoms with Crippen molar-refractivity contribution in [2.45, 2.75) is 24.6 Å². The van der Waals surface area contributed by atoms with Crippen LogP contribution in [0, 0.1) is 5.82 Å². The molecule has 1 aliphatic rings. The molecule has 0 saturated heterocycles.